The summed E-state index contributed by atoms with van der Waals surface area (Å²) in [5, 5.41) is 15.0. The molecule has 24 heavy (non-hydrogen) atoms. The van der Waals surface area contributed by atoms with Crippen molar-refractivity contribution in [3.8, 4) is 17.1 Å². The molecule has 0 radical (unpaired) electrons. The minimum absolute atomic E-state index is 0. The van der Waals surface area contributed by atoms with Gasteiger partial charge in [0, 0.05) is 10.0 Å². The average molecular weight is 409 g/mol. The summed E-state index contributed by atoms with van der Waals surface area (Å²) in [5.74, 6) is 1.32. The van der Waals surface area contributed by atoms with Gasteiger partial charge in [0.05, 0.1) is 29.9 Å². The number of benzene rings is 1. The maximum absolute atomic E-state index is 10.4. The monoisotopic (exact) mass is 407 g/mol. The van der Waals surface area contributed by atoms with Gasteiger partial charge in [-0.25, -0.2) is 14.6 Å². The van der Waals surface area contributed by atoms with Crippen LogP contribution in [0.1, 0.15) is 30.1 Å². The van der Waals surface area contributed by atoms with Gasteiger partial charge in [-0.15, -0.1) is 12.4 Å². The minimum Gasteiger partial charge on any atom is -0.382 e. The zero-order valence-corrected chi connectivity index (χ0v) is 15.3. The lowest BCUT2D eigenvalue weighted by Gasteiger charge is -2.09. The third-order valence-electron chi connectivity index (χ3n) is 4.65. The summed E-state index contributed by atoms with van der Waals surface area (Å²) in [7, 11) is 0. The van der Waals surface area contributed by atoms with E-state index in [4.69, 9.17) is 0 Å². The van der Waals surface area contributed by atoms with Crippen molar-refractivity contribution in [3.05, 3.63) is 46.2 Å². The fraction of sp³-hybridized carbons (Fsp3) is 0.312. The lowest BCUT2D eigenvalue weighted by Crippen LogP contribution is -2.10. The van der Waals surface area contributed by atoms with E-state index >= 15 is 0 Å². The van der Waals surface area contributed by atoms with Gasteiger partial charge in [0.2, 0.25) is 0 Å². The fourth-order valence-corrected chi connectivity index (χ4v) is 3.45. The zero-order chi connectivity index (χ0) is 15.8. The Morgan fingerprint density at radius 3 is 2.83 bits per heavy atom. The van der Waals surface area contributed by atoms with E-state index in [1.807, 2.05) is 30.1 Å². The lowest BCUT2D eigenvalue weighted by atomic mass is 10.1. The molecule has 124 valence electrons. The van der Waals surface area contributed by atoms with Crippen LogP contribution in [0.15, 0.2) is 29.0 Å². The molecule has 0 amide bonds. The van der Waals surface area contributed by atoms with Gasteiger partial charge in [-0.2, -0.15) is 5.10 Å². The highest BCUT2D eigenvalue weighted by atomic mass is 79.9. The first kappa shape index (κ1) is 15.8. The highest BCUT2D eigenvalue weighted by Crippen LogP contribution is 2.45. The van der Waals surface area contributed by atoms with Gasteiger partial charge in [-0.3, -0.25) is 0 Å². The molecule has 6 nitrogen and oxygen atoms in total. The van der Waals surface area contributed by atoms with Crippen molar-refractivity contribution in [2.45, 2.75) is 31.9 Å². The summed E-state index contributed by atoms with van der Waals surface area (Å²) < 4.78 is 4.96. The Kier molecular flexibility index (Phi) is 3.39. The fourth-order valence-electron chi connectivity index (χ4n) is 3.09. The summed E-state index contributed by atoms with van der Waals surface area (Å²) in [4.78, 5) is 9.11. The number of nitrogens with zero attached hydrogens (tertiary/aromatic N) is 5. The Labute approximate surface area is 153 Å². The number of fused-ring (bicyclic) bond motifs is 5. The average Bonchev–Trinajstić information content (AvgIpc) is 3.02. The van der Waals surface area contributed by atoms with Gasteiger partial charge in [0.1, 0.15) is 5.60 Å². The number of rotatable bonds is 1. The summed E-state index contributed by atoms with van der Waals surface area (Å²) in [6, 6.07) is 6.11. The number of aliphatic hydroxyl groups is 1. The second kappa shape index (κ2) is 5.15. The van der Waals surface area contributed by atoms with Crippen molar-refractivity contribution in [1.29, 1.82) is 0 Å². The highest BCUT2D eigenvalue weighted by molar-refractivity contribution is 9.10. The number of imidazole rings is 1. The smallest absolute Gasteiger partial charge is 0.182 e. The van der Waals surface area contributed by atoms with Crippen molar-refractivity contribution in [2.75, 3.05) is 0 Å². The predicted octanol–water partition coefficient (Wildman–Crippen LogP) is 2.97. The Bertz CT molecular complexity index is 960. The molecule has 2 aromatic heterocycles. The Morgan fingerprint density at radius 1 is 1.29 bits per heavy atom. The summed E-state index contributed by atoms with van der Waals surface area (Å²) >= 11 is 3.54. The van der Waals surface area contributed by atoms with Crippen LogP contribution >= 0.6 is 28.3 Å². The van der Waals surface area contributed by atoms with E-state index in [-0.39, 0.29) is 12.4 Å². The van der Waals surface area contributed by atoms with Crippen molar-refractivity contribution < 1.29 is 5.11 Å². The van der Waals surface area contributed by atoms with E-state index in [1.165, 1.54) is 0 Å². The van der Waals surface area contributed by atoms with Gasteiger partial charge in [0.15, 0.2) is 11.6 Å². The van der Waals surface area contributed by atoms with Crippen LogP contribution < -0.4 is 0 Å². The van der Waals surface area contributed by atoms with E-state index in [0.29, 0.717) is 12.4 Å². The zero-order valence-electron chi connectivity index (χ0n) is 12.9. The summed E-state index contributed by atoms with van der Waals surface area (Å²) in [6.07, 6.45) is 3.32. The van der Waals surface area contributed by atoms with Crippen LogP contribution in [0.2, 0.25) is 0 Å². The molecule has 3 heterocycles. The molecule has 1 saturated carbocycles. The Balaban J connectivity index is 0.00000146. The third-order valence-corrected chi connectivity index (χ3v) is 5.14. The van der Waals surface area contributed by atoms with Crippen LogP contribution in [0.3, 0.4) is 0 Å². The van der Waals surface area contributed by atoms with Gasteiger partial charge in [-0.05, 0) is 38.0 Å². The second-order valence-corrected chi connectivity index (χ2v) is 7.17. The molecule has 0 bridgehead atoms. The Hall–Kier alpha value is -1.70. The number of hydrogen-bond acceptors (Lipinski definition) is 4. The molecule has 5 rings (SSSR count). The van der Waals surface area contributed by atoms with E-state index in [9.17, 15) is 5.11 Å². The molecular weight excluding hydrogens is 394 g/mol. The number of aryl methyl sites for hydroxylation is 1. The molecule has 1 N–H and O–H groups in total. The molecular formula is C16H15BrClN5O. The molecule has 1 aliphatic carbocycles. The van der Waals surface area contributed by atoms with Gasteiger partial charge < -0.3 is 9.67 Å². The molecule has 3 aromatic rings. The maximum Gasteiger partial charge on any atom is 0.182 e. The van der Waals surface area contributed by atoms with Crippen LogP contribution in [0, 0.1) is 6.92 Å². The lowest BCUT2D eigenvalue weighted by molar-refractivity contribution is 0.141. The van der Waals surface area contributed by atoms with Crippen LogP contribution in [-0.4, -0.2) is 29.4 Å². The van der Waals surface area contributed by atoms with Crippen LogP contribution in [0.5, 0.6) is 0 Å². The highest BCUT2D eigenvalue weighted by Gasteiger charge is 2.46. The normalized spacial score (nSPS) is 16.5. The van der Waals surface area contributed by atoms with Gasteiger partial charge in [-0.1, -0.05) is 15.9 Å². The first-order valence-corrected chi connectivity index (χ1v) is 8.35. The molecule has 0 unspecified atom stereocenters. The standard InChI is InChI=1S/C16H14BrN5O.ClH/c1-9-13-7-22-14(19-15(20-22)16(23)4-5-16)11-6-10(17)2-3-12(11)21(13)8-18-9;/h2-3,6,8,23H,4-5,7H2,1H3;1H. The van der Waals surface area contributed by atoms with Crippen molar-refractivity contribution in [3.63, 3.8) is 0 Å². The van der Waals surface area contributed by atoms with Crippen molar-refractivity contribution in [2.24, 2.45) is 0 Å². The molecule has 1 aliphatic heterocycles. The van der Waals surface area contributed by atoms with E-state index in [0.717, 1.165) is 45.8 Å². The first-order chi connectivity index (χ1) is 11.0. The van der Waals surface area contributed by atoms with E-state index in [1.54, 1.807) is 0 Å². The number of halogens is 2. The van der Waals surface area contributed by atoms with E-state index < -0.39 is 5.60 Å². The molecule has 1 fully saturated rings. The van der Waals surface area contributed by atoms with E-state index in [2.05, 4.69) is 41.6 Å². The number of aromatic nitrogens is 5. The predicted molar refractivity (Wildman–Crippen MR) is 94.5 cm³/mol. The van der Waals surface area contributed by atoms with Gasteiger partial charge >= 0.3 is 0 Å². The molecule has 1 aromatic carbocycles. The number of hydrogen-bond donors (Lipinski definition) is 1. The topological polar surface area (TPSA) is 68.8 Å². The summed E-state index contributed by atoms with van der Waals surface area (Å²) in [5.41, 5.74) is 3.25. The molecule has 8 heteroatoms. The largest absolute Gasteiger partial charge is 0.382 e. The van der Waals surface area contributed by atoms with Gasteiger partial charge in [0.25, 0.3) is 0 Å². The maximum atomic E-state index is 10.4. The molecule has 0 atom stereocenters. The molecule has 2 aliphatic rings. The Morgan fingerprint density at radius 2 is 2.08 bits per heavy atom. The van der Waals surface area contributed by atoms with Crippen LogP contribution in [0.4, 0.5) is 0 Å². The SMILES string of the molecule is Cc1ncn2c1Cn1nc(C3(O)CC3)nc1-c1cc(Br)ccc1-2.Cl. The quantitative estimate of drug-likeness (QED) is 0.526. The minimum atomic E-state index is -0.833. The van der Waals surface area contributed by atoms with Crippen LogP contribution in [0.25, 0.3) is 17.1 Å². The third kappa shape index (κ3) is 2.15. The second-order valence-electron chi connectivity index (χ2n) is 6.26. The summed E-state index contributed by atoms with van der Waals surface area (Å²) in [6.45, 7) is 2.60. The van der Waals surface area contributed by atoms with Crippen molar-refractivity contribution in [1.82, 2.24) is 24.3 Å². The molecule has 0 spiro atoms. The van der Waals surface area contributed by atoms with Crippen LogP contribution in [-0.2, 0) is 12.1 Å². The molecule has 0 saturated heterocycles. The van der Waals surface area contributed by atoms with Crippen molar-refractivity contribution >= 4 is 28.3 Å². The first-order valence-electron chi connectivity index (χ1n) is 7.56.